The number of amides is 2. The lowest BCUT2D eigenvalue weighted by molar-refractivity contribution is -0.136. The molecule has 0 saturated carbocycles. The molecule has 2 heterocycles. The molecule has 1 atom stereocenters. The fourth-order valence-corrected chi connectivity index (χ4v) is 4.06. The van der Waals surface area contributed by atoms with Crippen LogP contribution in [0, 0.1) is 6.92 Å². The maximum Gasteiger partial charge on any atom is 0.338 e. The van der Waals surface area contributed by atoms with E-state index in [2.05, 4.69) is 15.5 Å². The number of ether oxygens (including phenoxy) is 1. The van der Waals surface area contributed by atoms with Crippen molar-refractivity contribution in [3.8, 4) is 0 Å². The van der Waals surface area contributed by atoms with Gasteiger partial charge in [-0.15, -0.1) is 0 Å². The molecule has 0 spiro atoms. The second kappa shape index (κ2) is 7.93. The number of esters is 1. The second-order valence-electron chi connectivity index (χ2n) is 6.21. The lowest BCUT2D eigenvalue weighted by atomic mass is 9.94. The number of rotatable bonds is 4. The molecule has 2 aliphatic rings. The van der Waals surface area contributed by atoms with Crippen molar-refractivity contribution < 1.29 is 14.3 Å². The summed E-state index contributed by atoms with van der Waals surface area (Å²) in [5, 5.41) is 5.67. The number of hydrogen-bond acceptors (Lipinski definition) is 5. The largest absolute Gasteiger partial charge is 0.466 e. The maximum absolute atomic E-state index is 12.5. The first-order valence-corrected chi connectivity index (χ1v) is 9.49. The van der Waals surface area contributed by atoms with Crippen LogP contribution < -0.4 is 10.6 Å². The van der Waals surface area contributed by atoms with Crippen LogP contribution in [0.2, 0.25) is 0 Å². The third-order valence-corrected chi connectivity index (χ3v) is 5.40. The van der Waals surface area contributed by atoms with Gasteiger partial charge >= 0.3 is 12.0 Å². The highest BCUT2D eigenvalue weighted by Crippen LogP contribution is 2.28. The Balaban J connectivity index is 1.96. The average molecular weight is 361 g/mol. The fourth-order valence-electron chi connectivity index (χ4n) is 3.09. The summed E-state index contributed by atoms with van der Waals surface area (Å²) in [5.74, 6) is 1.71. The van der Waals surface area contributed by atoms with Crippen molar-refractivity contribution in [2.45, 2.75) is 13.0 Å². The van der Waals surface area contributed by atoms with Crippen LogP contribution in [0.15, 0.2) is 35.5 Å². The first kappa shape index (κ1) is 17.8. The smallest absolute Gasteiger partial charge is 0.338 e. The van der Waals surface area contributed by atoms with Gasteiger partial charge in [0, 0.05) is 36.8 Å². The third-order valence-electron chi connectivity index (χ3n) is 4.46. The zero-order valence-electron chi connectivity index (χ0n) is 14.5. The van der Waals surface area contributed by atoms with Gasteiger partial charge in [0.2, 0.25) is 0 Å². The van der Waals surface area contributed by atoms with Crippen LogP contribution in [0.4, 0.5) is 4.79 Å². The zero-order valence-corrected chi connectivity index (χ0v) is 15.3. The predicted molar refractivity (Wildman–Crippen MR) is 98.4 cm³/mol. The lowest BCUT2D eigenvalue weighted by Crippen LogP contribution is -2.49. The van der Waals surface area contributed by atoms with Crippen molar-refractivity contribution in [3.63, 3.8) is 0 Å². The molecule has 0 radical (unpaired) electrons. The molecular formula is C18H23N3O3S. The molecule has 0 unspecified atom stereocenters. The molecule has 0 bridgehead atoms. The van der Waals surface area contributed by atoms with Crippen molar-refractivity contribution in [3.05, 3.63) is 46.7 Å². The Kier molecular flexibility index (Phi) is 5.65. The van der Waals surface area contributed by atoms with Crippen LogP contribution in [-0.4, -0.2) is 55.2 Å². The van der Waals surface area contributed by atoms with E-state index >= 15 is 0 Å². The Hall–Kier alpha value is -1.99. The first-order chi connectivity index (χ1) is 12.1. The third kappa shape index (κ3) is 4.16. The molecule has 1 saturated heterocycles. The van der Waals surface area contributed by atoms with E-state index in [0.29, 0.717) is 17.8 Å². The summed E-state index contributed by atoms with van der Waals surface area (Å²) in [7, 11) is 1.37. The van der Waals surface area contributed by atoms with Gasteiger partial charge in [-0.2, -0.15) is 11.8 Å². The normalized spacial score (nSPS) is 21.5. The Bertz CT molecular complexity index is 681. The molecule has 134 valence electrons. The van der Waals surface area contributed by atoms with Crippen molar-refractivity contribution >= 4 is 23.8 Å². The Morgan fingerprint density at radius 2 is 1.96 bits per heavy atom. The van der Waals surface area contributed by atoms with E-state index in [1.54, 1.807) is 0 Å². The molecule has 1 fully saturated rings. The van der Waals surface area contributed by atoms with E-state index in [-0.39, 0.29) is 6.03 Å². The highest BCUT2D eigenvalue weighted by Gasteiger charge is 2.34. The van der Waals surface area contributed by atoms with E-state index in [9.17, 15) is 9.59 Å². The molecular weight excluding hydrogens is 338 g/mol. The molecule has 1 aromatic rings. The number of methoxy groups -OCH3 is 1. The molecule has 25 heavy (non-hydrogen) atoms. The van der Waals surface area contributed by atoms with E-state index < -0.39 is 12.0 Å². The summed E-state index contributed by atoms with van der Waals surface area (Å²) in [4.78, 5) is 26.9. The van der Waals surface area contributed by atoms with Crippen LogP contribution in [0.5, 0.6) is 0 Å². The summed E-state index contributed by atoms with van der Waals surface area (Å²) in [6.07, 6.45) is 0. The molecule has 0 aromatic heterocycles. The number of thioether (sulfide) groups is 1. The van der Waals surface area contributed by atoms with Crippen LogP contribution in [0.1, 0.15) is 17.2 Å². The summed E-state index contributed by atoms with van der Waals surface area (Å²) in [6.45, 7) is 4.44. The van der Waals surface area contributed by atoms with Gasteiger partial charge in [0.25, 0.3) is 0 Å². The summed E-state index contributed by atoms with van der Waals surface area (Å²) in [6, 6.07) is 7.02. The number of nitrogens with zero attached hydrogens (tertiary/aromatic N) is 1. The Morgan fingerprint density at radius 3 is 2.60 bits per heavy atom. The minimum atomic E-state index is -0.504. The van der Waals surface area contributed by atoms with Gasteiger partial charge < -0.3 is 15.4 Å². The molecule has 2 amide bonds. The highest BCUT2D eigenvalue weighted by atomic mass is 32.2. The number of carbonyl (C=O) groups excluding carboxylic acids is 2. The lowest BCUT2D eigenvalue weighted by Gasteiger charge is -2.33. The summed E-state index contributed by atoms with van der Waals surface area (Å²) >= 11 is 1.92. The molecule has 2 N–H and O–H groups in total. The first-order valence-electron chi connectivity index (χ1n) is 8.34. The molecule has 6 nitrogen and oxygen atoms in total. The van der Waals surface area contributed by atoms with Crippen molar-refractivity contribution in [1.82, 2.24) is 15.5 Å². The number of aryl methyl sites for hydroxylation is 1. The standard InChI is InChI=1S/C18H23N3O3S/c1-12-3-5-13(6-4-12)16-15(17(22)24-2)14(19-18(23)20-16)11-21-7-9-25-10-8-21/h3-6,16H,7-11H2,1-2H3,(H2,19,20,23)/t16-/m1/s1. The van der Waals surface area contributed by atoms with Crippen LogP contribution >= 0.6 is 11.8 Å². The van der Waals surface area contributed by atoms with Crippen molar-refractivity contribution in [1.29, 1.82) is 0 Å². The van der Waals surface area contributed by atoms with E-state index in [1.807, 2.05) is 43.0 Å². The molecule has 2 aliphatic heterocycles. The molecule has 0 aliphatic carbocycles. The van der Waals surface area contributed by atoms with Gasteiger partial charge in [-0.05, 0) is 12.5 Å². The number of nitrogens with one attached hydrogen (secondary N) is 2. The molecule has 7 heteroatoms. The Labute approximate surface area is 152 Å². The summed E-state index contributed by atoms with van der Waals surface area (Å²) < 4.78 is 5.01. The number of urea groups is 1. The van der Waals surface area contributed by atoms with Gasteiger partial charge in [0.1, 0.15) is 0 Å². The van der Waals surface area contributed by atoms with Gasteiger partial charge in [-0.25, -0.2) is 9.59 Å². The topological polar surface area (TPSA) is 70.7 Å². The SMILES string of the molecule is COC(=O)C1=C(CN2CCSCC2)NC(=O)N[C@@H]1c1ccc(C)cc1. The summed E-state index contributed by atoms with van der Waals surface area (Å²) in [5.41, 5.74) is 3.10. The molecule has 3 rings (SSSR count). The second-order valence-corrected chi connectivity index (χ2v) is 7.44. The van der Waals surface area contributed by atoms with Crippen LogP contribution in [-0.2, 0) is 9.53 Å². The van der Waals surface area contributed by atoms with Gasteiger partial charge in [-0.3, -0.25) is 4.90 Å². The predicted octanol–water partition coefficient (Wildman–Crippen LogP) is 1.82. The van der Waals surface area contributed by atoms with Crippen LogP contribution in [0.25, 0.3) is 0 Å². The zero-order chi connectivity index (χ0) is 17.8. The van der Waals surface area contributed by atoms with Crippen LogP contribution in [0.3, 0.4) is 0 Å². The fraction of sp³-hybridized carbons (Fsp3) is 0.444. The monoisotopic (exact) mass is 361 g/mol. The Morgan fingerprint density at radius 1 is 1.28 bits per heavy atom. The highest BCUT2D eigenvalue weighted by molar-refractivity contribution is 7.99. The average Bonchev–Trinajstić information content (AvgIpc) is 2.62. The number of benzene rings is 1. The number of carbonyl (C=O) groups is 2. The van der Waals surface area contributed by atoms with E-state index in [1.165, 1.54) is 7.11 Å². The minimum absolute atomic E-state index is 0.292. The maximum atomic E-state index is 12.5. The minimum Gasteiger partial charge on any atom is -0.466 e. The van der Waals surface area contributed by atoms with E-state index in [4.69, 9.17) is 4.74 Å². The van der Waals surface area contributed by atoms with Gasteiger partial charge in [-0.1, -0.05) is 29.8 Å². The van der Waals surface area contributed by atoms with Gasteiger partial charge in [0.05, 0.1) is 18.7 Å². The quantitative estimate of drug-likeness (QED) is 0.801. The van der Waals surface area contributed by atoms with Crippen molar-refractivity contribution in [2.24, 2.45) is 0 Å². The molecule has 1 aromatic carbocycles. The van der Waals surface area contributed by atoms with Crippen molar-refractivity contribution in [2.75, 3.05) is 38.2 Å². The number of hydrogen-bond donors (Lipinski definition) is 2. The van der Waals surface area contributed by atoms with Gasteiger partial charge in [0.15, 0.2) is 0 Å². The van der Waals surface area contributed by atoms with E-state index in [0.717, 1.165) is 35.7 Å².